The fourth-order valence-corrected chi connectivity index (χ4v) is 1.26. The van der Waals surface area contributed by atoms with Gasteiger partial charge >= 0.3 is 12.2 Å². The summed E-state index contributed by atoms with van der Waals surface area (Å²) in [6, 6.07) is 5.00. The molecule has 15 heavy (non-hydrogen) atoms. The first-order valence-corrected chi connectivity index (χ1v) is 4.52. The van der Waals surface area contributed by atoms with Gasteiger partial charge in [-0.05, 0) is 24.1 Å². The van der Waals surface area contributed by atoms with Gasteiger partial charge in [0, 0.05) is 6.20 Å². The number of pyridine rings is 1. The Morgan fingerprint density at radius 2 is 2.00 bits per heavy atom. The summed E-state index contributed by atoms with van der Waals surface area (Å²) in [5, 5.41) is 17.4. The number of hydrogen-bond donors (Lipinski definition) is 3. The summed E-state index contributed by atoms with van der Waals surface area (Å²) in [6.07, 6.45) is -1.70. The molecule has 7 nitrogen and oxygen atoms in total. The van der Waals surface area contributed by atoms with Crippen molar-refractivity contribution in [2.45, 2.75) is 5.03 Å². The van der Waals surface area contributed by atoms with Gasteiger partial charge in [0.25, 0.3) is 0 Å². The van der Waals surface area contributed by atoms with Gasteiger partial charge in [0.1, 0.15) is 5.03 Å². The van der Waals surface area contributed by atoms with E-state index < -0.39 is 12.2 Å². The molecule has 0 fully saturated rings. The van der Waals surface area contributed by atoms with Gasteiger partial charge in [-0.3, -0.25) is 0 Å². The van der Waals surface area contributed by atoms with Gasteiger partial charge in [-0.2, -0.15) is 4.83 Å². The van der Waals surface area contributed by atoms with E-state index >= 15 is 0 Å². The number of hydrogen-bond acceptors (Lipinski definition) is 5. The predicted molar refractivity (Wildman–Crippen MR) is 51.1 cm³/mol. The predicted octanol–water partition coefficient (Wildman–Crippen LogP) is 1.25. The third kappa shape index (κ3) is 3.44. The maximum atomic E-state index is 10.4. The smallest absolute Gasteiger partial charge is 0.432 e. The lowest BCUT2D eigenvalue weighted by molar-refractivity contribution is 0.116. The zero-order chi connectivity index (χ0) is 11.3. The summed E-state index contributed by atoms with van der Waals surface area (Å²) in [4.78, 5) is 26.8. The Morgan fingerprint density at radius 1 is 1.33 bits per heavy atom. The molecule has 3 N–H and O–H groups in total. The summed E-state index contributed by atoms with van der Waals surface area (Å²) in [7, 11) is 0. The van der Waals surface area contributed by atoms with Crippen LogP contribution in [0.25, 0.3) is 0 Å². The van der Waals surface area contributed by atoms with Crippen LogP contribution < -0.4 is 4.83 Å². The Hall–Kier alpha value is -1.80. The maximum absolute atomic E-state index is 10.4. The van der Waals surface area contributed by atoms with Crippen LogP contribution in [0.4, 0.5) is 9.59 Å². The Balaban J connectivity index is 2.55. The number of hydrazine groups is 1. The van der Waals surface area contributed by atoms with Gasteiger partial charge in [0.15, 0.2) is 0 Å². The van der Waals surface area contributed by atoms with Gasteiger partial charge in [-0.25, -0.2) is 14.6 Å². The fraction of sp³-hybridized carbons (Fsp3) is 0. The normalized spacial score (nSPS) is 9.60. The number of nitrogens with one attached hydrogen (secondary N) is 1. The Bertz CT molecular complexity index is 345. The lowest BCUT2D eigenvalue weighted by atomic mass is 10.5. The SMILES string of the molecule is O=C(O)N(NSc1ccccn1)C(=O)O. The fourth-order valence-electron chi connectivity index (χ4n) is 0.660. The first kappa shape index (κ1) is 11.3. The summed E-state index contributed by atoms with van der Waals surface area (Å²) in [5.41, 5.74) is 0. The third-order valence-corrected chi connectivity index (χ3v) is 1.99. The molecule has 0 saturated carbocycles. The number of carboxylic acid groups (broad SMARTS) is 2. The van der Waals surface area contributed by atoms with E-state index in [1.165, 1.54) is 6.20 Å². The molecule has 0 bridgehead atoms. The molecule has 1 aromatic heterocycles. The monoisotopic (exact) mass is 229 g/mol. The highest BCUT2D eigenvalue weighted by Gasteiger charge is 2.19. The molecule has 1 aromatic rings. The van der Waals surface area contributed by atoms with Crippen molar-refractivity contribution in [1.29, 1.82) is 0 Å². The molecule has 1 rings (SSSR count). The van der Waals surface area contributed by atoms with Crippen LogP contribution in [-0.2, 0) is 0 Å². The highest BCUT2D eigenvalue weighted by molar-refractivity contribution is 7.97. The van der Waals surface area contributed by atoms with Gasteiger partial charge in [-0.15, -0.1) is 5.01 Å². The molecule has 0 unspecified atom stereocenters. The molecule has 0 atom stereocenters. The molecule has 8 heteroatoms. The molecular formula is C7H7N3O4S. The van der Waals surface area contributed by atoms with Crippen LogP contribution in [0.15, 0.2) is 29.4 Å². The van der Waals surface area contributed by atoms with Crippen molar-refractivity contribution in [3.05, 3.63) is 24.4 Å². The Labute approximate surface area is 88.8 Å². The van der Waals surface area contributed by atoms with E-state index in [9.17, 15) is 9.59 Å². The Kier molecular flexibility index (Phi) is 3.89. The third-order valence-electron chi connectivity index (χ3n) is 1.26. The van der Waals surface area contributed by atoms with E-state index in [1.54, 1.807) is 18.2 Å². The second-order valence-corrected chi connectivity index (χ2v) is 3.07. The molecule has 2 amide bonds. The topological polar surface area (TPSA) is 103 Å². The second-order valence-electron chi connectivity index (χ2n) is 2.26. The minimum atomic E-state index is -1.61. The molecule has 0 aliphatic heterocycles. The highest BCUT2D eigenvalue weighted by atomic mass is 32.2. The number of aromatic nitrogens is 1. The molecular weight excluding hydrogens is 222 g/mol. The van der Waals surface area contributed by atoms with Crippen LogP contribution in [0.5, 0.6) is 0 Å². The van der Waals surface area contributed by atoms with Crippen LogP contribution in [0, 0.1) is 0 Å². The van der Waals surface area contributed by atoms with Crippen molar-refractivity contribution in [3.63, 3.8) is 0 Å². The van der Waals surface area contributed by atoms with Crippen LogP contribution in [-0.4, -0.2) is 32.4 Å². The first-order chi connectivity index (χ1) is 7.11. The summed E-state index contributed by atoms with van der Waals surface area (Å²) in [5.74, 6) is 0. The van der Waals surface area contributed by atoms with Crippen molar-refractivity contribution in [1.82, 2.24) is 14.8 Å². The van der Waals surface area contributed by atoms with E-state index in [4.69, 9.17) is 10.2 Å². The Morgan fingerprint density at radius 3 is 2.47 bits per heavy atom. The van der Waals surface area contributed by atoms with Crippen molar-refractivity contribution in [2.24, 2.45) is 0 Å². The lowest BCUT2D eigenvalue weighted by Crippen LogP contribution is -2.42. The summed E-state index contributed by atoms with van der Waals surface area (Å²) >= 11 is 0.788. The van der Waals surface area contributed by atoms with E-state index in [1.807, 2.05) is 0 Å². The van der Waals surface area contributed by atoms with E-state index in [0.29, 0.717) is 5.03 Å². The number of imide groups is 1. The molecule has 1 heterocycles. The van der Waals surface area contributed by atoms with E-state index in [2.05, 4.69) is 9.82 Å². The maximum Gasteiger partial charge on any atom is 0.432 e. The molecule has 0 spiro atoms. The van der Waals surface area contributed by atoms with Crippen LogP contribution in [0.3, 0.4) is 0 Å². The number of amides is 2. The minimum absolute atomic E-state index is 0.0410. The average molecular weight is 229 g/mol. The molecule has 0 radical (unpaired) electrons. The number of nitrogens with zero attached hydrogens (tertiary/aromatic N) is 2. The zero-order valence-corrected chi connectivity index (χ0v) is 8.14. The standard InChI is InChI=1S/C7H7N3O4S/c11-6(12)10(7(13)14)9-15-5-3-1-2-4-8-5/h1-4,9H,(H,11,12)(H,13,14). The van der Waals surface area contributed by atoms with E-state index in [0.717, 1.165) is 11.9 Å². The molecule has 0 aliphatic carbocycles. The largest absolute Gasteiger partial charge is 0.464 e. The minimum Gasteiger partial charge on any atom is -0.464 e. The van der Waals surface area contributed by atoms with Gasteiger partial charge in [-0.1, -0.05) is 6.07 Å². The van der Waals surface area contributed by atoms with Crippen molar-refractivity contribution in [2.75, 3.05) is 0 Å². The van der Waals surface area contributed by atoms with Gasteiger partial charge in [0.05, 0.1) is 0 Å². The van der Waals surface area contributed by atoms with Crippen molar-refractivity contribution < 1.29 is 19.8 Å². The van der Waals surface area contributed by atoms with Crippen molar-refractivity contribution in [3.8, 4) is 0 Å². The molecule has 0 saturated heterocycles. The van der Waals surface area contributed by atoms with Crippen LogP contribution >= 0.6 is 11.9 Å². The van der Waals surface area contributed by atoms with Gasteiger partial charge < -0.3 is 10.2 Å². The second kappa shape index (κ2) is 5.17. The van der Waals surface area contributed by atoms with Crippen LogP contribution in [0.1, 0.15) is 0 Å². The quantitative estimate of drug-likeness (QED) is 0.529. The molecule has 0 aliphatic rings. The summed E-state index contributed by atoms with van der Waals surface area (Å²) in [6.45, 7) is 0. The first-order valence-electron chi connectivity index (χ1n) is 3.71. The number of carbonyl (C=O) groups is 2. The average Bonchev–Trinajstić information content (AvgIpc) is 2.18. The lowest BCUT2D eigenvalue weighted by Gasteiger charge is -2.12. The van der Waals surface area contributed by atoms with E-state index in [-0.39, 0.29) is 5.01 Å². The zero-order valence-electron chi connectivity index (χ0n) is 7.32. The molecule has 0 aromatic carbocycles. The summed E-state index contributed by atoms with van der Waals surface area (Å²) < 4.78 is 0. The highest BCUT2D eigenvalue weighted by Crippen LogP contribution is 2.10. The van der Waals surface area contributed by atoms with Crippen molar-refractivity contribution >= 4 is 24.1 Å². The number of rotatable bonds is 3. The van der Waals surface area contributed by atoms with Gasteiger partial charge in [0.2, 0.25) is 0 Å². The van der Waals surface area contributed by atoms with Crippen LogP contribution in [0.2, 0.25) is 0 Å². The molecule has 80 valence electrons.